The van der Waals surface area contributed by atoms with Crippen LogP contribution < -0.4 is 0 Å². The summed E-state index contributed by atoms with van der Waals surface area (Å²) in [6, 6.07) is 0. The third-order valence-electron chi connectivity index (χ3n) is 4.57. The van der Waals surface area contributed by atoms with Crippen LogP contribution in [-0.4, -0.2) is 36.7 Å². The lowest BCUT2D eigenvalue weighted by Crippen LogP contribution is -2.43. The quantitative estimate of drug-likeness (QED) is 0.323. The van der Waals surface area contributed by atoms with E-state index in [-0.39, 0.29) is 17.2 Å². The van der Waals surface area contributed by atoms with Crippen molar-refractivity contribution in [2.75, 3.05) is 0 Å². The lowest BCUT2D eigenvalue weighted by Gasteiger charge is -2.38. The van der Waals surface area contributed by atoms with E-state index in [1.54, 1.807) is 6.08 Å². The molecular weight excluding hydrogens is 308 g/mol. The zero-order valence-electron chi connectivity index (χ0n) is 15.8. The highest BCUT2D eigenvalue weighted by Crippen LogP contribution is 2.38. The van der Waals surface area contributed by atoms with Crippen LogP contribution in [0.15, 0.2) is 12.2 Å². The Bertz CT molecular complexity index is 370. The average molecular weight is 345 g/mol. The summed E-state index contributed by atoms with van der Waals surface area (Å²) in [6.07, 6.45) is 8.49. The van der Waals surface area contributed by atoms with Crippen molar-refractivity contribution >= 4 is 14.3 Å². The Balaban J connectivity index is 4.45. The van der Waals surface area contributed by atoms with Gasteiger partial charge in [-0.2, -0.15) is 0 Å². The average Bonchev–Trinajstić information content (AvgIpc) is 2.37. The van der Waals surface area contributed by atoms with Gasteiger partial charge in [-0.1, -0.05) is 46.5 Å². The van der Waals surface area contributed by atoms with Gasteiger partial charge in [0.1, 0.15) is 0 Å². The second kappa shape index (κ2) is 10.3. The van der Waals surface area contributed by atoms with Gasteiger partial charge in [0.05, 0.1) is 12.2 Å². The van der Waals surface area contributed by atoms with Crippen molar-refractivity contribution in [2.24, 2.45) is 0 Å². The zero-order valence-corrected chi connectivity index (χ0v) is 16.8. The minimum Gasteiger partial charge on any atom is -0.478 e. The zero-order chi connectivity index (χ0) is 18.1. The van der Waals surface area contributed by atoms with Gasteiger partial charge in [-0.3, -0.25) is 0 Å². The van der Waals surface area contributed by atoms with E-state index in [9.17, 15) is 9.90 Å². The maximum absolute atomic E-state index is 10.8. The summed E-state index contributed by atoms with van der Waals surface area (Å²) >= 11 is 0. The second-order valence-electron chi connectivity index (χ2n) is 7.95. The molecule has 0 amide bonds. The number of aliphatic hydroxyl groups excluding tert-OH is 1. The highest BCUT2D eigenvalue weighted by molar-refractivity contribution is 6.74. The van der Waals surface area contributed by atoms with E-state index in [4.69, 9.17) is 9.53 Å². The number of hydrogen-bond donors (Lipinski definition) is 2. The van der Waals surface area contributed by atoms with E-state index in [1.807, 2.05) is 6.92 Å². The molecule has 0 saturated carbocycles. The van der Waals surface area contributed by atoms with E-state index in [1.165, 1.54) is 6.08 Å². The van der Waals surface area contributed by atoms with Crippen LogP contribution >= 0.6 is 0 Å². The van der Waals surface area contributed by atoms with Gasteiger partial charge in [0, 0.05) is 6.08 Å². The standard InChI is InChI=1S/C18H36O4Si/c1-15(19)11-9-7-8-10-12-16(13-14-17(20)21)22-23(5,6)18(2,3)4/h13-16,19H,7-12H2,1-6H3,(H,20,21)/b14-13+/t15-,16+/m1/s1. The summed E-state index contributed by atoms with van der Waals surface area (Å²) in [5.41, 5.74) is 0. The minimum atomic E-state index is -1.91. The first-order valence-electron chi connectivity index (χ1n) is 8.72. The van der Waals surface area contributed by atoms with Crippen molar-refractivity contribution in [3.05, 3.63) is 12.2 Å². The third-order valence-corrected chi connectivity index (χ3v) is 9.07. The Morgan fingerprint density at radius 1 is 1.13 bits per heavy atom. The Kier molecular flexibility index (Phi) is 9.97. The van der Waals surface area contributed by atoms with Gasteiger partial charge >= 0.3 is 5.97 Å². The minimum absolute atomic E-state index is 0.111. The molecule has 2 N–H and O–H groups in total. The van der Waals surface area contributed by atoms with Crippen molar-refractivity contribution in [3.8, 4) is 0 Å². The molecule has 0 aliphatic carbocycles. The summed E-state index contributed by atoms with van der Waals surface area (Å²) in [7, 11) is -1.91. The number of rotatable bonds is 11. The van der Waals surface area contributed by atoms with Crippen LogP contribution in [0.25, 0.3) is 0 Å². The molecule has 0 aliphatic heterocycles. The van der Waals surface area contributed by atoms with Crippen molar-refractivity contribution in [1.29, 1.82) is 0 Å². The summed E-state index contributed by atoms with van der Waals surface area (Å²) in [5, 5.41) is 18.2. The van der Waals surface area contributed by atoms with Gasteiger partial charge in [-0.05, 0) is 44.0 Å². The molecule has 0 bridgehead atoms. The summed E-state index contributed by atoms with van der Waals surface area (Å²) in [6.45, 7) is 12.8. The first kappa shape index (κ1) is 22.3. The summed E-state index contributed by atoms with van der Waals surface area (Å²) < 4.78 is 6.35. The Labute approximate surface area is 143 Å². The Morgan fingerprint density at radius 3 is 2.09 bits per heavy atom. The Morgan fingerprint density at radius 2 is 1.65 bits per heavy atom. The predicted octanol–water partition coefficient (Wildman–Crippen LogP) is 4.74. The predicted molar refractivity (Wildman–Crippen MR) is 98.2 cm³/mol. The van der Waals surface area contributed by atoms with Crippen LogP contribution in [0.5, 0.6) is 0 Å². The SMILES string of the molecule is C[C@@H](O)CCCCCC[C@@H](/C=C/C(=O)O)O[Si](C)(C)C(C)(C)C. The molecule has 2 atom stereocenters. The number of carbonyl (C=O) groups is 1. The molecule has 5 heteroatoms. The molecule has 0 aromatic carbocycles. The number of aliphatic carboxylic acids is 1. The smallest absolute Gasteiger partial charge is 0.328 e. The molecule has 136 valence electrons. The van der Waals surface area contributed by atoms with Gasteiger partial charge < -0.3 is 14.6 Å². The third kappa shape index (κ3) is 10.7. The van der Waals surface area contributed by atoms with Crippen molar-refractivity contribution in [3.63, 3.8) is 0 Å². The molecule has 0 rings (SSSR count). The topological polar surface area (TPSA) is 66.8 Å². The summed E-state index contributed by atoms with van der Waals surface area (Å²) in [5.74, 6) is -0.925. The van der Waals surface area contributed by atoms with E-state index in [0.717, 1.165) is 38.5 Å². The first-order valence-corrected chi connectivity index (χ1v) is 11.6. The van der Waals surface area contributed by atoms with E-state index < -0.39 is 14.3 Å². The van der Waals surface area contributed by atoms with Crippen LogP contribution in [0.3, 0.4) is 0 Å². The molecule has 4 nitrogen and oxygen atoms in total. The molecule has 0 aromatic heterocycles. The first-order chi connectivity index (χ1) is 10.5. The molecule has 0 unspecified atom stereocenters. The fraction of sp³-hybridized carbons (Fsp3) is 0.833. The fourth-order valence-corrected chi connectivity index (χ4v) is 3.38. The molecule has 0 saturated heterocycles. The maximum atomic E-state index is 10.8. The molecule has 0 fully saturated rings. The van der Waals surface area contributed by atoms with Gasteiger partial charge in [0.25, 0.3) is 0 Å². The molecular formula is C18H36O4Si. The number of aliphatic hydroxyl groups is 1. The largest absolute Gasteiger partial charge is 0.478 e. The maximum Gasteiger partial charge on any atom is 0.328 e. The number of carboxylic acids is 1. The number of carboxylic acid groups (broad SMARTS) is 1. The fourth-order valence-electron chi connectivity index (χ4n) is 2.08. The monoisotopic (exact) mass is 344 g/mol. The van der Waals surface area contributed by atoms with Gasteiger partial charge in [-0.25, -0.2) is 4.79 Å². The van der Waals surface area contributed by atoms with Crippen LogP contribution in [0.2, 0.25) is 18.1 Å². The van der Waals surface area contributed by atoms with Crippen LogP contribution in [-0.2, 0) is 9.22 Å². The highest BCUT2D eigenvalue weighted by atomic mass is 28.4. The molecule has 0 heterocycles. The molecule has 0 aliphatic rings. The van der Waals surface area contributed by atoms with Crippen LogP contribution in [0, 0.1) is 0 Å². The van der Waals surface area contributed by atoms with E-state index >= 15 is 0 Å². The van der Waals surface area contributed by atoms with E-state index in [2.05, 4.69) is 33.9 Å². The van der Waals surface area contributed by atoms with Gasteiger partial charge in [0.2, 0.25) is 0 Å². The lowest BCUT2D eigenvalue weighted by atomic mass is 10.1. The Hall–Kier alpha value is -0.653. The van der Waals surface area contributed by atoms with Crippen LogP contribution in [0.1, 0.15) is 66.2 Å². The lowest BCUT2D eigenvalue weighted by molar-refractivity contribution is -0.131. The molecule has 23 heavy (non-hydrogen) atoms. The van der Waals surface area contributed by atoms with Crippen molar-refractivity contribution < 1.29 is 19.4 Å². The van der Waals surface area contributed by atoms with E-state index in [0.29, 0.717) is 0 Å². The number of unbranched alkanes of at least 4 members (excludes halogenated alkanes) is 3. The second-order valence-corrected chi connectivity index (χ2v) is 12.7. The van der Waals surface area contributed by atoms with Gasteiger partial charge in [0.15, 0.2) is 8.32 Å². The normalized spacial score (nSPS) is 15.8. The highest BCUT2D eigenvalue weighted by Gasteiger charge is 2.38. The molecule has 0 spiro atoms. The molecule has 0 aromatic rings. The van der Waals surface area contributed by atoms with Crippen molar-refractivity contribution in [1.82, 2.24) is 0 Å². The molecule has 0 radical (unpaired) electrons. The van der Waals surface area contributed by atoms with Gasteiger partial charge in [-0.15, -0.1) is 0 Å². The summed E-state index contributed by atoms with van der Waals surface area (Å²) in [4.78, 5) is 10.8. The van der Waals surface area contributed by atoms with Crippen molar-refractivity contribution in [2.45, 2.75) is 96.6 Å². The van der Waals surface area contributed by atoms with Crippen LogP contribution in [0.4, 0.5) is 0 Å². The number of hydrogen-bond acceptors (Lipinski definition) is 3.